The lowest BCUT2D eigenvalue weighted by Gasteiger charge is -2.23. The molecule has 0 fully saturated rings. The van der Waals surface area contributed by atoms with Crippen molar-refractivity contribution < 1.29 is 18.0 Å². The molecule has 1 heterocycles. The maximum Gasteiger partial charge on any atom is 0.416 e. The van der Waals surface area contributed by atoms with Gasteiger partial charge in [0.1, 0.15) is 11.6 Å². The Kier molecular flexibility index (Phi) is 5.77. The van der Waals surface area contributed by atoms with E-state index in [9.17, 15) is 18.0 Å². The number of halogens is 3. The number of hydrogen-bond acceptors (Lipinski definition) is 5. The van der Waals surface area contributed by atoms with E-state index in [2.05, 4.69) is 10.4 Å². The van der Waals surface area contributed by atoms with Crippen LogP contribution in [0.25, 0.3) is 0 Å². The van der Waals surface area contributed by atoms with Gasteiger partial charge in [-0.3, -0.25) is 4.79 Å². The molecule has 0 atom stereocenters. The molecule has 0 radical (unpaired) electrons. The molecule has 9 heteroatoms. The van der Waals surface area contributed by atoms with Gasteiger partial charge in [-0.25, -0.2) is 10.8 Å². The van der Waals surface area contributed by atoms with E-state index < -0.39 is 17.6 Å². The number of nitrogen functional groups attached to an aromatic ring is 1. The van der Waals surface area contributed by atoms with Crippen LogP contribution in [-0.2, 0) is 11.0 Å². The predicted molar refractivity (Wildman–Crippen MR) is 73.4 cm³/mol. The Morgan fingerprint density at radius 1 is 1.43 bits per heavy atom. The summed E-state index contributed by atoms with van der Waals surface area (Å²) in [5.41, 5.74) is 6.32. The molecule has 1 aromatic rings. The Bertz CT molecular complexity index is 492. The average molecular weight is 305 g/mol. The minimum Gasteiger partial charge on any atom is -0.368 e. The smallest absolute Gasteiger partial charge is 0.368 e. The van der Waals surface area contributed by atoms with E-state index in [-0.39, 0.29) is 18.2 Å². The van der Waals surface area contributed by atoms with Gasteiger partial charge in [-0.2, -0.15) is 13.2 Å². The molecule has 1 aromatic heterocycles. The van der Waals surface area contributed by atoms with Gasteiger partial charge in [0.15, 0.2) is 0 Å². The Hall–Kier alpha value is -2.03. The Morgan fingerprint density at radius 2 is 2.10 bits per heavy atom. The van der Waals surface area contributed by atoms with Crippen molar-refractivity contribution in [1.82, 2.24) is 4.98 Å². The summed E-state index contributed by atoms with van der Waals surface area (Å²) in [5, 5.41) is 0. The second kappa shape index (κ2) is 7.11. The van der Waals surface area contributed by atoms with Gasteiger partial charge in [-0.15, -0.1) is 0 Å². The van der Waals surface area contributed by atoms with Crippen molar-refractivity contribution in [2.45, 2.75) is 25.9 Å². The zero-order valence-corrected chi connectivity index (χ0v) is 11.6. The first-order chi connectivity index (χ1) is 9.77. The van der Waals surface area contributed by atoms with Crippen LogP contribution < -0.4 is 21.9 Å². The molecule has 0 bridgehead atoms. The molecule has 0 aliphatic heterocycles. The zero-order valence-electron chi connectivity index (χ0n) is 11.6. The molecule has 0 saturated heterocycles. The van der Waals surface area contributed by atoms with Crippen LogP contribution in [0, 0.1) is 0 Å². The van der Waals surface area contributed by atoms with E-state index in [1.807, 2.05) is 6.92 Å². The first kappa shape index (κ1) is 17.0. The second-order valence-electron chi connectivity index (χ2n) is 4.48. The first-order valence-corrected chi connectivity index (χ1v) is 6.37. The van der Waals surface area contributed by atoms with Gasteiger partial charge in [0.2, 0.25) is 5.91 Å². The fourth-order valence-electron chi connectivity index (χ4n) is 1.73. The fraction of sp³-hybridized carbons (Fsp3) is 0.500. The molecule has 1 rings (SSSR count). The molecular formula is C12H18F3N5O. The van der Waals surface area contributed by atoms with Crippen molar-refractivity contribution in [3.63, 3.8) is 0 Å². The third kappa shape index (κ3) is 5.10. The van der Waals surface area contributed by atoms with Gasteiger partial charge in [-0.1, -0.05) is 13.3 Å². The Balaban J connectivity index is 3.19. The molecule has 0 spiro atoms. The van der Waals surface area contributed by atoms with E-state index >= 15 is 0 Å². The highest BCUT2D eigenvalue weighted by Crippen LogP contribution is 2.32. The summed E-state index contributed by atoms with van der Waals surface area (Å²) in [6, 6.07) is 1.67. The number of alkyl halides is 3. The molecule has 0 unspecified atom stereocenters. The number of nitrogens with two attached hydrogens (primary N) is 2. The summed E-state index contributed by atoms with van der Waals surface area (Å²) in [6.07, 6.45) is -3.03. The maximum atomic E-state index is 12.9. The van der Waals surface area contributed by atoms with Crippen LogP contribution in [0.3, 0.4) is 0 Å². The van der Waals surface area contributed by atoms with Gasteiger partial charge < -0.3 is 16.1 Å². The largest absolute Gasteiger partial charge is 0.416 e. The number of nitrogens with zero attached hydrogens (tertiary/aromatic N) is 2. The van der Waals surface area contributed by atoms with Crippen molar-refractivity contribution >= 4 is 17.5 Å². The number of carbonyl (C=O) groups is 1. The van der Waals surface area contributed by atoms with Crippen molar-refractivity contribution in [3.8, 4) is 0 Å². The summed E-state index contributed by atoms with van der Waals surface area (Å²) >= 11 is 0. The number of hydrogen-bond donors (Lipinski definition) is 3. The van der Waals surface area contributed by atoms with Crippen molar-refractivity contribution in [2.24, 2.45) is 11.6 Å². The molecule has 21 heavy (non-hydrogen) atoms. The summed E-state index contributed by atoms with van der Waals surface area (Å²) in [6.45, 7) is 2.09. The molecule has 0 aliphatic carbocycles. The summed E-state index contributed by atoms with van der Waals surface area (Å²) in [4.78, 5) is 16.4. The van der Waals surface area contributed by atoms with Crippen LogP contribution in [0.15, 0.2) is 12.1 Å². The van der Waals surface area contributed by atoms with Crippen LogP contribution >= 0.6 is 0 Å². The molecule has 5 N–H and O–H groups in total. The number of anilines is 2. The zero-order chi connectivity index (χ0) is 16.0. The van der Waals surface area contributed by atoms with Crippen molar-refractivity contribution in [3.05, 3.63) is 17.7 Å². The number of carbonyl (C=O) groups excluding carboxylic acids is 1. The maximum absolute atomic E-state index is 12.9. The van der Waals surface area contributed by atoms with E-state index in [4.69, 9.17) is 11.6 Å². The number of rotatable bonds is 7. The average Bonchev–Trinajstić information content (AvgIpc) is 2.41. The quantitative estimate of drug-likeness (QED) is 0.523. The van der Waals surface area contributed by atoms with Crippen LogP contribution in [0.5, 0.6) is 0 Å². The first-order valence-electron chi connectivity index (χ1n) is 6.37. The molecule has 1 amide bonds. The molecular weight excluding hydrogens is 287 g/mol. The summed E-state index contributed by atoms with van der Waals surface area (Å²) in [5.74, 6) is 4.37. The van der Waals surface area contributed by atoms with Crippen molar-refractivity contribution in [2.75, 3.05) is 23.4 Å². The normalized spacial score (nSPS) is 11.3. The van der Waals surface area contributed by atoms with Gasteiger partial charge in [-0.05, 0) is 18.6 Å². The van der Waals surface area contributed by atoms with Gasteiger partial charge in [0.05, 0.1) is 12.1 Å². The number of amides is 1. The minimum absolute atomic E-state index is 0.00465. The van der Waals surface area contributed by atoms with E-state index in [1.54, 1.807) is 0 Å². The van der Waals surface area contributed by atoms with E-state index in [0.717, 1.165) is 18.6 Å². The summed E-state index contributed by atoms with van der Waals surface area (Å²) < 4.78 is 38.6. The third-order valence-corrected chi connectivity index (χ3v) is 2.74. The third-order valence-electron chi connectivity index (χ3n) is 2.74. The van der Waals surface area contributed by atoms with Gasteiger partial charge in [0.25, 0.3) is 0 Å². The SMILES string of the molecule is CCCCN(CC(N)=O)c1cc(C(F)(F)F)cc(NN)n1. The lowest BCUT2D eigenvalue weighted by molar-refractivity contribution is -0.137. The Labute approximate surface area is 120 Å². The Morgan fingerprint density at radius 3 is 2.57 bits per heavy atom. The number of unbranched alkanes of at least 4 members (excludes halogenated alkanes) is 1. The van der Waals surface area contributed by atoms with Gasteiger partial charge in [0, 0.05) is 6.54 Å². The predicted octanol–water partition coefficient (Wildman–Crippen LogP) is 1.48. The van der Waals surface area contributed by atoms with Crippen LogP contribution in [0.1, 0.15) is 25.3 Å². The van der Waals surface area contributed by atoms with Crippen LogP contribution in [0.2, 0.25) is 0 Å². The highest BCUT2D eigenvalue weighted by atomic mass is 19.4. The topological polar surface area (TPSA) is 97.3 Å². The molecule has 0 aromatic carbocycles. The lowest BCUT2D eigenvalue weighted by atomic mass is 10.2. The number of nitrogens with one attached hydrogen (secondary N) is 1. The summed E-state index contributed by atoms with van der Waals surface area (Å²) in [7, 11) is 0. The fourth-order valence-corrected chi connectivity index (χ4v) is 1.73. The highest BCUT2D eigenvalue weighted by molar-refractivity contribution is 5.79. The van der Waals surface area contributed by atoms with Crippen molar-refractivity contribution in [1.29, 1.82) is 0 Å². The molecule has 118 valence electrons. The number of aromatic nitrogens is 1. The minimum atomic E-state index is -4.54. The molecule has 0 aliphatic rings. The molecule has 0 saturated carbocycles. The van der Waals surface area contributed by atoms with Crippen LogP contribution in [-0.4, -0.2) is 24.0 Å². The lowest BCUT2D eigenvalue weighted by Crippen LogP contribution is -2.35. The van der Waals surface area contributed by atoms with Gasteiger partial charge >= 0.3 is 6.18 Å². The molecule has 6 nitrogen and oxygen atoms in total. The number of hydrazine groups is 1. The standard InChI is InChI=1S/C12H18F3N5O/c1-2-3-4-20(7-9(16)21)11-6-8(12(13,14)15)5-10(18-11)19-17/h5-6H,2-4,7,17H2,1H3,(H2,16,21)(H,18,19). The highest BCUT2D eigenvalue weighted by Gasteiger charge is 2.32. The number of pyridine rings is 1. The van der Waals surface area contributed by atoms with Crippen LogP contribution in [0.4, 0.5) is 24.8 Å². The van der Waals surface area contributed by atoms with E-state index in [0.29, 0.717) is 13.0 Å². The second-order valence-corrected chi connectivity index (χ2v) is 4.48. The monoisotopic (exact) mass is 305 g/mol. The number of primary amides is 1. The van der Waals surface area contributed by atoms with E-state index in [1.165, 1.54) is 4.90 Å².